The predicted octanol–water partition coefficient (Wildman–Crippen LogP) is 9.14. The Morgan fingerprint density at radius 3 is 2.23 bits per heavy atom. The van der Waals surface area contributed by atoms with Crippen molar-refractivity contribution in [1.82, 2.24) is 14.9 Å². The highest BCUT2D eigenvalue weighted by molar-refractivity contribution is 7.14. The van der Waals surface area contributed by atoms with Crippen LogP contribution in [0.2, 0.25) is 0 Å². The zero-order valence-corrected chi connectivity index (χ0v) is 29.7. The molecule has 0 atom stereocenters. The zero-order chi connectivity index (χ0) is 33.0. The Bertz CT molecular complexity index is 1180. The lowest BCUT2D eigenvalue weighted by Crippen LogP contribution is -2.32. The van der Waals surface area contributed by atoms with E-state index in [4.69, 9.17) is 4.74 Å². The fraction of sp³-hybridized carbons (Fsp3) is 0.571. The van der Waals surface area contributed by atoms with Crippen LogP contribution in [0, 0.1) is 18.8 Å². The predicted molar refractivity (Wildman–Crippen MR) is 185 cm³/mol. The molecule has 7 nitrogen and oxygen atoms in total. The van der Waals surface area contributed by atoms with Gasteiger partial charge in [0.25, 0.3) is 5.91 Å². The summed E-state index contributed by atoms with van der Waals surface area (Å²) in [4.78, 5) is 28.3. The summed E-state index contributed by atoms with van der Waals surface area (Å²) in [6, 6.07) is 9.71. The minimum Gasteiger partial charge on any atom is -0.376 e. The Morgan fingerprint density at radius 1 is 1.07 bits per heavy atom. The van der Waals surface area contributed by atoms with E-state index in [9.17, 15) is 9.59 Å². The highest BCUT2D eigenvalue weighted by Gasteiger charge is 2.14. The smallest absolute Gasteiger partial charge is 0.253 e. The molecule has 0 saturated heterocycles. The number of aromatic nitrogens is 2. The first kappa shape index (κ1) is 40.0. The molecular weight excluding hydrogens is 556 g/mol. The molecule has 8 heteroatoms. The molecule has 3 rings (SSSR count). The van der Waals surface area contributed by atoms with Crippen LogP contribution < -0.4 is 10.6 Å². The molecule has 0 aliphatic heterocycles. The van der Waals surface area contributed by atoms with Crippen LogP contribution in [0.3, 0.4) is 0 Å². The van der Waals surface area contributed by atoms with Crippen LogP contribution in [0.15, 0.2) is 48.1 Å². The number of anilines is 1. The van der Waals surface area contributed by atoms with E-state index in [0.717, 1.165) is 41.7 Å². The van der Waals surface area contributed by atoms with Crippen LogP contribution >= 0.6 is 11.3 Å². The zero-order valence-electron chi connectivity index (χ0n) is 28.8. The van der Waals surface area contributed by atoms with E-state index in [1.807, 2.05) is 57.5 Å². The van der Waals surface area contributed by atoms with Gasteiger partial charge in [0.15, 0.2) is 5.13 Å². The molecule has 1 aromatic carbocycles. The molecule has 3 aromatic rings. The van der Waals surface area contributed by atoms with E-state index in [1.165, 1.54) is 24.2 Å². The van der Waals surface area contributed by atoms with Gasteiger partial charge in [-0.05, 0) is 57.6 Å². The molecule has 0 spiro atoms. The van der Waals surface area contributed by atoms with Crippen LogP contribution in [-0.2, 0) is 16.6 Å². The Balaban J connectivity index is 0.000000816. The number of nitrogens with zero attached hydrogens (tertiary/aromatic N) is 2. The van der Waals surface area contributed by atoms with Crippen molar-refractivity contribution in [3.63, 3.8) is 0 Å². The minimum absolute atomic E-state index is 0.0783. The van der Waals surface area contributed by atoms with Crippen molar-refractivity contribution in [1.29, 1.82) is 0 Å². The third-order valence-corrected chi connectivity index (χ3v) is 7.18. The van der Waals surface area contributed by atoms with Gasteiger partial charge in [0.1, 0.15) is 0 Å². The molecule has 0 saturated carbocycles. The van der Waals surface area contributed by atoms with Gasteiger partial charge >= 0.3 is 0 Å². The van der Waals surface area contributed by atoms with Gasteiger partial charge < -0.3 is 19.9 Å². The largest absolute Gasteiger partial charge is 0.376 e. The summed E-state index contributed by atoms with van der Waals surface area (Å²) in [5.74, 6) is 1.04. The first-order chi connectivity index (χ1) is 20.3. The standard InChI is InChI=1S/C18H18N4O2S.C10H22O.C5H12.C2H6/c1-12-4-3-5-13(8-12)15-11-25-18(20-15)21-16(23)9-19-17(24)14-6-7-22(2)10-14;1-6-10(4,5)11-8-7-9(2)3;1-4-5(2)3;1-2/h3-8,10-11H,9H2,1-2H3,(H,19,24)(H,20,21,23);9H,6-8H2,1-5H3;5H,4H2,1-3H3;1-2H3. The second kappa shape index (κ2) is 21.7. The van der Waals surface area contributed by atoms with Crippen molar-refractivity contribution in [2.75, 3.05) is 18.5 Å². The summed E-state index contributed by atoms with van der Waals surface area (Å²) in [7, 11) is 1.83. The van der Waals surface area contributed by atoms with Crippen LogP contribution in [0.25, 0.3) is 11.3 Å². The number of rotatable bonds is 11. The van der Waals surface area contributed by atoms with E-state index in [-0.39, 0.29) is 24.0 Å². The van der Waals surface area contributed by atoms with Gasteiger partial charge in [0.05, 0.1) is 23.4 Å². The lowest BCUT2D eigenvalue weighted by atomic mass is 10.1. The van der Waals surface area contributed by atoms with Crippen molar-refractivity contribution in [2.24, 2.45) is 18.9 Å². The van der Waals surface area contributed by atoms with E-state index in [1.54, 1.807) is 23.0 Å². The maximum Gasteiger partial charge on any atom is 0.253 e. The number of hydrogen-bond acceptors (Lipinski definition) is 5. The maximum atomic E-state index is 12.0. The number of hydrogen-bond donors (Lipinski definition) is 2. The van der Waals surface area contributed by atoms with Crippen LogP contribution in [0.5, 0.6) is 0 Å². The number of amides is 2. The quantitative estimate of drug-likeness (QED) is 0.226. The topological polar surface area (TPSA) is 85.3 Å². The van der Waals surface area contributed by atoms with Gasteiger partial charge in [-0.15, -0.1) is 11.3 Å². The first-order valence-electron chi connectivity index (χ1n) is 15.6. The summed E-state index contributed by atoms with van der Waals surface area (Å²) in [5, 5.41) is 7.70. The molecule has 242 valence electrons. The molecule has 2 heterocycles. The van der Waals surface area contributed by atoms with E-state index < -0.39 is 0 Å². The first-order valence-corrected chi connectivity index (χ1v) is 16.5. The number of carbonyl (C=O) groups excluding carboxylic acids is 2. The van der Waals surface area contributed by atoms with Crippen molar-refractivity contribution in [3.05, 3.63) is 59.2 Å². The van der Waals surface area contributed by atoms with Crippen molar-refractivity contribution >= 4 is 28.3 Å². The second-order valence-corrected chi connectivity index (χ2v) is 12.5. The van der Waals surface area contributed by atoms with Gasteiger partial charge in [-0.3, -0.25) is 9.59 Å². The Kier molecular flexibility index (Phi) is 20.2. The highest BCUT2D eigenvalue weighted by Crippen LogP contribution is 2.25. The van der Waals surface area contributed by atoms with Crippen LogP contribution in [0.1, 0.15) is 104 Å². The fourth-order valence-electron chi connectivity index (χ4n) is 3.00. The van der Waals surface area contributed by atoms with Gasteiger partial charge in [-0.2, -0.15) is 0 Å². The average molecular weight is 615 g/mol. The molecule has 2 N–H and O–H groups in total. The van der Waals surface area contributed by atoms with Gasteiger partial charge in [-0.1, -0.05) is 85.6 Å². The molecule has 0 radical (unpaired) electrons. The number of nitrogens with one attached hydrogen (secondary N) is 2. The van der Waals surface area contributed by atoms with Crippen molar-refractivity contribution in [2.45, 2.75) is 101 Å². The lowest BCUT2D eigenvalue weighted by Gasteiger charge is -2.23. The molecule has 2 aromatic heterocycles. The average Bonchev–Trinajstić information content (AvgIpc) is 3.62. The Hall–Kier alpha value is -2.97. The third kappa shape index (κ3) is 18.3. The maximum absolute atomic E-state index is 12.0. The Labute approximate surface area is 265 Å². The number of ether oxygens (including phenoxy) is 1. The van der Waals surface area contributed by atoms with E-state index >= 15 is 0 Å². The molecule has 0 aliphatic carbocycles. The van der Waals surface area contributed by atoms with E-state index in [0.29, 0.717) is 10.7 Å². The molecule has 0 aliphatic rings. The molecule has 0 fully saturated rings. The summed E-state index contributed by atoms with van der Waals surface area (Å²) in [5.41, 5.74) is 3.58. The molecule has 43 heavy (non-hydrogen) atoms. The third-order valence-electron chi connectivity index (χ3n) is 6.42. The van der Waals surface area contributed by atoms with Crippen molar-refractivity contribution < 1.29 is 14.3 Å². The highest BCUT2D eigenvalue weighted by atomic mass is 32.1. The summed E-state index contributed by atoms with van der Waals surface area (Å²) in [6.45, 7) is 24.4. The number of benzene rings is 1. The molecule has 0 unspecified atom stereocenters. The van der Waals surface area contributed by atoms with Gasteiger partial charge in [0, 0.05) is 37.0 Å². The molecule has 0 bridgehead atoms. The Morgan fingerprint density at radius 2 is 1.72 bits per heavy atom. The lowest BCUT2D eigenvalue weighted by molar-refractivity contribution is -0.115. The molecular formula is C35H58N4O3S. The number of aryl methyl sites for hydroxylation is 2. The summed E-state index contributed by atoms with van der Waals surface area (Å²) in [6.07, 6.45) is 7.04. The van der Waals surface area contributed by atoms with Crippen molar-refractivity contribution in [3.8, 4) is 11.3 Å². The van der Waals surface area contributed by atoms with E-state index in [2.05, 4.69) is 71.0 Å². The monoisotopic (exact) mass is 614 g/mol. The summed E-state index contributed by atoms with van der Waals surface area (Å²) < 4.78 is 7.46. The normalized spacial score (nSPS) is 10.6. The number of carbonyl (C=O) groups is 2. The fourth-order valence-corrected chi connectivity index (χ4v) is 3.74. The van der Waals surface area contributed by atoms with Gasteiger partial charge in [-0.25, -0.2) is 4.98 Å². The van der Waals surface area contributed by atoms with Crippen LogP contribution in [0.4, 0.5) is 5.13 Å². The number of thiazole rings is 1. The van der Waals surface area contributed by atoms with Gasteiger partial charge in [0.2, 0.25) is 5.91 Å². The summed E-state index contributed by atoms with van der Waals surface area (Å²) >= 11 is 1.35. The molecule has 2 amide bonds. The minimum atomic E-state index is -0.311. The van der Waals surface area contributed by atoms with Crippen LogP contribution in [-0.4, -0.2) is 40.1 Å². The SMILES string of the molecule is CC.CCC(C)(C)OCCC(C)C.CCC(C)C.Cc1cccc(-c2csc(NC(=O)CNC(=O)c3ccn(C)c3)n2)c1. The second-order valence-electron chi connectivity index (χ2n) is 11.7.